The number of rotatable bonds is 5. The largest absolute Gasteiger partial charge is 0.403 e. The summed E-state index contributed by atoms with van der Waals surface area (Å²) in [7, 11) is -3.80. The summed E-state index contributed by atoms with van der Waals surface area (Å²) in [5.41, 5.74) is -0.661. The first-order valence-corrected chi connectivity index (χ1v) is 9.03. The lowest BCUT2D eigenvalue weighted by molar-refractivity contribution is 0.0651. The molecule has 0 radical (unpaired) electrons. The van der Waals surface area contributed by atoms with Crippen molar-refractivity contribution < 1.29 is 13.3 Å². The van der Waals surface area contributed by atoms with Gasteiger partial charge in [-0.05, 0) is 24.3 Å². The first kappa shape index (κ1) is 15.5. The molecule has 0 bridgehead atoms. The zero-order chi connectivity index (χ0) is 16.6. The van der Waals surface area contributed by atoms with Crippen LogP contribution in [0.1, 0.15) is 29.9 Å². The van der Waals surface area contributed by atoms with Crippen LogP contribution < -0.4 is 16.1 Å². The monoisotopic (exact) mass is 336 g/mol. The molecule has 0 saturated heterocycles. The predicted molar refractivity (Wildman–Crippen MR) is 83.1 cm³/mol. The van der Waals surface area contributed by atoms with Crippen LogP contribution >= 0.6 is 0 Å². The maximum Gasteiger partial charge on any atom is 0.362 e. The lowest BCUT2D eigenvalue weighted by Crippen LogP contribution is -2.39. The molecule has 1 heterocycles. The van der Waals surface area contributed by atoms with E-state index in [9.17, 15) is 18.0 Å². The zero-order valence-electron chi connectivity index (χ0n) is 12.5. The molecule has 0 unspecified atom stereocenters. The molecule has 8 heteroatoms. The highest BCUT2D eigenvalue weighted by molar-refractivity contribution is 7.90. The fourth-order valence-electron chi connectivity index (χ4n) is 2.43. The molecule has 0 atom stereocenters. The lowest BCUT2D eigenvalue weighted by Gasteiger charge is -2.15. The SMILES string of the molecule is CS(=O)(=O)c1c(C2CC2)c(=O)[nH]c(=O)n1OCc1ccccc1. The Balaban J connectivity index is 2.10. The van der Waals surface area contributed by atoms with Crippen molar-refractivity contribution in [3.05, 3.63) is 62.3 Å². The second kappa shape index (κ2) is 5.69. The van der Waals surface area contributed by atoms with Crippen molar-refractivity contribution >= 4 is 9.84 Å². The first-order chi connectivity index (χ1) is 10.9. The van der Waals surface area contributed by atoms with E-state index in [2.05, 4.69) is 4.98 Å². The molecule has 0 spiro atoms. The fraction of sp³-hybridized carbons (Fsp3) is 0.333. The topological polar surface area (TPSA) is 98.2 Å². The predicted octanol–water partition coefficient (Wildman–Crippen LogP) is 0.446. The minimum absolute atomic E-state index is 0.0133. The van der Waals surface area contributed by atoms with Crippen molar-refractivity contribution in [1.82, 2.24) is 9.71 Å². The highest BCUT2D eigenvalue weighted by atomic mass is 32.2. The standard InChI is InChI=1S/C15H16N2O5S/c1-23(20,21)14-12(11-7-8-11)13(18)16-15(19)17(14)22-9-10-5-3-2-4-6-10/h2-6,11H,7-9H2,1H3,(H,16,18,19). The third kappa shape index (κ3) is 3.21. The lowest BCUT2D eigenvalue weighted by atomic mass is 10.2. The van der Waals surface area contributed by atoms with Gasteiger partial charge in [0.2, 0.25) is 0 Å². The second-order valence-electron chi connectivity index (χ2n) is 5.58. The van der Waals surface area contributed by atoms with Crippen LogP contribution in [0.5, 0.6) is 0 Å². The maximum absolute atomic E-state index is 12.1. The van der Waals surface area contributed by atoms with E-state index in [1.807, 2.05) is 6.07 Å². The summed E-state index contributed by atoms with van der Waals surface area (Å²) in [5.74, 6) is -0.143. The molecule has 2 aromatic rings. The average molecular weight is 336 g/mol. The van der Waals surface area contributed by atoms with Crippen molar-refractivity contribution in [1.29, 1.82) is 0 Å². The number of aromatic amines is 1. The van der Waals surface area contributed by atoms with Gasteiger partial charge in [0.25, 0.3) is 5.56 Å². The molecule has 1 aliphatic rings. The summed E-state index contributed by atoms with van der Waals surface area (Å²) in [6.45, 7) is 0.0133. The molecule has 1 aromatic heterocycles. The Hall–Kier alpha value is -2.35. The highest BCUT2D eigenvalue weighted by Gasteiger charge is 2.35. The van der Waals surface area contributed by atoms with Gasteiger partial charge in [-0.3, -0.25) is 9.78 Å². The molecular formula is C15H16N2O5S. The summed E-state index contributed by atoms with van der Waals surface area (Å²) < 4.78 is 25.0. The number of benzene rings is 1. The van der Waals surface area contributed by atoms with Gasteiger partial charge in [0, 0.05) is 6.26 Å². The number of aromatic nitrogens is 2. The van der Waals surface area contributed by atoms with E-state index in [4.69, 9.17) is 4.84 Å². The van der Waals surface area contributed by atoms with Crippen LogP contribution in [0.25, 0.3) is 0 Å². The van der Waals surface area contributed by atoms with Crippen LogP contribution in [0.15, 0.2) is 44.9 Å². The molecule has 1 saturated carbocycles. The van der Waals surface area contributed by atoms with E-state index in [1.165, 1.54) is 0 Å². The van der Waals surface area contributed by atoms with Gasteiger partial charge >= 0.3 is 5.69 Å². The molecular weight excluding hydrogens is 320 g/mol. The summed E-state index contributed by atoms with van der Waals surface area (Å²) in [5, 5.41) is -0.343. The third-order valence-corrected chi connectivity index (χ3v) is 4.69. The normalized spacial score (nSPS) is 14.7. The maximum atomic E-state index is 12.1. The van der Waals surface area contributed by atoms with Gasteiger partial charge in [-0.1, -0.05) is 30.3 Å². The van der Waals surface area contributed by atoms with Gasteiger partial charge in [0.05, 0.1) is 5.56 Å². The van der Waals surface area contributed by atoms with Gasteiger partial charge in [-0.2, -0.15) is 0 Å². The van der Waals surface area contributed by atoms with Crippen molar-refractivity contribution in [3.63, 3.8) is 0 Å². The van der Waals surface area contributed by atoms with Crippen LogP contribution in [0.3, 0.4) is 0 Å². The number of hydrogen-bond acceptors (Lipinski definition) is 5. The summed E-state index contributed by atoms with van der Waals surface area (Å²) in [6.07, 6.45) is 2.42. The van der Waals surface area contributed by atoms with Gasteiger partial charge in [0.1, 0.15) is 6.61 Å². The Kier molecular flexibility index (Phi) is 3.85. The van der Waals surface area contributed by atoms with Gasteiger partial charge in [0.15, 0.2) is 14.9 Å². The summed E-state index contributed by atoms with van der Waals surface area (Å²) >= 11 is 0. The molecule has 1 aromatic carbocycles. The zero-order valence-corrected chi connectivity index (χ0v) is 13.3. The fourth-order valence-corrected chi connectivity index (χ4v) is 3.52. The molecule has 23 heavy (non-hydrogen) atoms. The van der Waals surface area contributed by atoms with Crippen LogP contribution in [-0.2, 0) is 16.4 Å². The summed E-state index contributed by atoms with van der Waals surface area (Å²) in [6, 6.07) is 9.03. The van der Waals surface area contributed by atoms with Crippen LogP contribution in [0, 0.1) is 0 Å². The second-order valence-corrected chi connectivity index (χ2v) is 7.51. The number of sulfone groups is 1. The number of nitrogens with one attached hydrogen (secondary N) is 1. The third-order valence-electron chi connectivity index (χ3n) is 3.60. The molecule has 1 fully saturated rings. The van der Waals surface area contributed by atoms with E-state index >= 15 is 0 Å². The molecule has 1 N–H and O–H groups in total. The molecule has 122 valence electrons. The van der Waals surface area contributed by atoms with Crippen molar-refractivity contribution in [2.75, 3.05) is 6.26 Å². The molecule has 1 aliphatic carbocycles. The average Bonchev–Trinajstić information content (AvgIpc) is 3.30. The molecule has 0 amide bonds. The van der Waals surface area contributed by atoms with E-state index in [-0.39, 0.29) is 23.1 Å². The van der Waals surface area contributed by atoms with Crippen molar-refractivity contribution in [2.45, 2.75) is 30.4 Å². The Labute approximate surface area is 132 Å². The number of nitrogens with zero attached hydrogens (tertiary/aromatic N) is 1. The first-order valence-electron chi connectivity index (χ1n) is 7.14. The Morgan fingerprint density at radius 1 is 1.22 bits per heavy atom. The van der Waals surface area contributed by atoms with E-state index in [0.29, 0.717) is 4.73 Å². The summed E-state index contributed by atoms with van der Waals surface area (Å²) in [4.78, 5) is 31.6. The number of hydrogen-bond donors (Lipinski definition) is 1. The molecule has 3 rings (SSSR count). The Morgan fingerprint density at radius 3 is 2.43 bits per heavy atom. The minimum Gasteiger partial charge on any atom is -0.403 e. The Morgan fingerprint density at radius 2 is 1.87 bits per heavy atom. The van der Waals surface area contributed by atoms with Crippen molar-refractivity contribution in [3.8, 4) is 0 Å². The quantitative estimate of drug-likeness (QED) is 0.799. The van der Waals surface area contributed by atoms with E-state index < -0.39 is 21.1 Å². The highest BCUT2D eigenvalue weighted by Crippen LogP contribution is 2.40. The smallest absolute Gasteiger partial charge is 0.362 e. The minimum atomic E-state index is -3.80. The molecule has 0 aliphatic heterocycles. The van der Waals surface area contributed by atoms with Gasteiger partial charge < -0.3 is 4.84 Å². The van der Waals surface area contributed by atoms with Gasteiger partial charge in [-0.15, -0.1) is 4.73 Å². The van der Waals surface area contributed by atoms with Gasteiger partial charge in [-0.25, -0.2) is 13.2 Å². The van der Waals surface area contributed by atoms with Crippen LogP contribution in [0.2, 0.25) is 0 Å². The van der Waals surface area contributed by atoms with Crippen LogP contribution in [0.4, 0.5) is 0 Å². The van der Waals surface area contributed by atoms with Crippen molar-refractivity contribution in [2.24, 2.45) is 0 Å². The Bertz CT molecular complexity index is 940. The number of H-pyrrole nitrogens is 1. The molecule has 7 nitrogen and oxygen atoms in total. The van der Waals surface area contributed by atoms with E-state index in [1.54, 1.807) is 24.3 Å². The van der Waals surface area contributed by atoms with E-state index in [0.717, 1.165) is 24.7 Å². The van der Waals surface area contributed by atoms with Crippen LogP contribution in [-0.4, -0.2) is 24.4 Å².